The van der Waals surface area contributed by atoms with Crippen molar-refractivity contribution in [1.29, 1.82) is 0 Å². The molecule has 0 aliphatic carbocycles. The van der Waals surface area contributed by atoms with E-state index in [0.717, 1.165) is 16.7 Å². The minimum Gasteiger partial charge on any atom is -0.479 e. The molecule has 1 fully saturated rings. The van der Waals surface area contributed by atoms with Crippen LogP contribution in [0.5, 0.6) is 0 Å². The molecule has 1 aromatic heterocycles. The van der Waals surface area contributed by atoms with Crippen molar-refractivity contribution in [3.05, 3.63) is 63.4 Å². The summed E-state index contributed by atoms with van der Waals surface area (Å²) in [7, 11) is 0. The lowest BCUT2D eigenvalue weighted by atomic mass is 10.1. The molecule has 5 nitrogen and oxygen atoms in total. The van der Waals surface area contributed by atoms with Crippen molar-refractivity contribution in [1.82, 2.24) is 4.90 Å². The van der Waals surface area contributed by atoms with Crippen LogP contribution in [0.2, 0.25) is 0 Å². The first kappa shape index (κ1) is 16.9. The molecule has 24 heavy (non-hydrogen) atoms. The largest absolute Gasteiger partial charge is 0.479 e. The maximum Gasteiger partial charge on any atom is 0.331 e. The molecule has 0 bridgehead atoms. The van der Waals surface area contributed by atoms with Crippen molar-refractivity contribution in [3.8, 4) is 0 Å². The van der Waals surface area contributed by atoms with Gasteiger partial charge in [0.2, 0.25) is 0 Å². The van der Waals surface area contributed by atoms with Crippen molar-refractivity contribution in [3.63, 3.8) is 0 Å². The molecule has 1 unspecified atom stereocenters. The maximum absolute atomic E-state index is 12.7. The average Bonchev–Trinajstić information content (AvgIpc) is 3.07. The van der Waals surface area contributed by atoms with Crippen molar-refractivity contribution >= 4 is 62.2 Å². The van der Waals surface area contributed by atoms with E-state index in [-0.39, 0.29) is 4.32 Å². The molecule has 2 heterocycles. The van der Waals surface area contributed by atoms with Gasteiger partial charge in [-0.2, -0.15) is 0 Å². The number of benzene rings is 1. The number of hydrogen-bond donors (Lipinski definition) is 1. The third kappa shape index (κ3) is 3.31. The fraction of sp³-hybridized carbons (Fsp3) is 0.0625. The Hall–Kier alpha value is -1.90. The Labute approximate surface area is 155 Å². The Morgan fingerprint density at radius 1 is 1.29 bits per heavy atom. The van der Waals surface area contributed by atoms with E-state index in [9.17, 15) is 14.7 Å². The lowest BCUT2D eigenvalue weighted by molar-refractivity contribution is -0.145. The second-order valence-corrected chi connectivity index (χ2v) is 7.30. The van der Waals surface area contributed by atoms with Crippen molar-refractivity contribution in [2.45, 2.75) is 6.04 Å². The van der Waals surface area contributed by atoms with E-state index < -0.39 is 17.9 Å². The van der Waals surface area contributed by atoms with Gasteiger partial charge in [0.05, 0.1) is 4.91 Å². The summed E-state index contributed by atoms with van der Waals surface area (Å²) in [6.45, 7) is 0. The lowest BCUT2D eigenvalue weighted by Crippen LogP contribution is -2.37. The number of furan rings is 1. The maximum atomic E-state index is 12.7. The van der Waals surface area contributed by atoms with Gasteiger partial charge in [0.25, 0.3) is 5.91 Å². The van der Waals surface area contributed by atoms with E-state index in [1.54, 1.807) is 48.5 Å². The quantitative estimate of drug-likeness (QED) is 0.590. The zero-order valence-corrected chi connectivity index (χ0v) is 15.2. The fourth-order valence-corrected chi connectivity index (χ4v) is 3.89. The lowest BCUT2D eigenvalue weighted by Gasteiger charge is -2.23. The standard InChI is InChI=1S/C16H10BrNO4S2/c17-12-7-6-10(22-12)8-11-14(19)18(16(23)24-11)13(15(20)21)9-4-2-1-3-5-9/h1-8,13H,(H,20,21)/b11-8+. The van der Waals surface area contributed by atoms with Gasteiger partial charge in [-0.25, -0.2) is 4.79 Å². The molecule has 0 saturated carbocycles. The summed E-state index contributed by atoms with van der Waals surface area (Å²) in [6, 6.07) is 10.8. The highest BCUT2D eigenvalue weighted by Crippen LogP contribution is 2.38. The van der Waals surface area contributed by atoms with E-state index in [4.69, 9.17) is 16.6 Å². The predicted molar refractivity (Wildman–Crippen MR) is 98.2 cm³/mol. The van der Waals surface area contributed by atoms with Gasteiger partial charge in [-0.3, -0.25) is 9.69 Å². The number of rotatable bonds is 4. The summed E-state index contributed by atoms with van der Waals surface area (Å²) >= 11 is 9.48. The van der Waals surface area contributed by atoms with Crippen LogP contribution >= 0.6 is 39.9 Å². The number of amides is 1. The Morgan fingerprint density at radius 2 is 2.00 bits per heavy atom. The summed E-state index contributed by atoms with van der Waals surface area (Å²) in [6.07, 6.45) is 1.55. The zero-order chi connectivity index (χ0) is 17.3. The van der Waals surface area contributed by atoms with Gasteiger partial charge in [0.15, 0.2) is 10.7 Å². The third-order valence-corrected chi connectivity index (χ3v) is 5.05. The molecule has 1 aromatic carbocycles. The highest BCUT2D eigenvalue weighted by Gasteiger charge is 2.41. The summed E-state index contributed by atoms with van der Waals surface area (Å²) in [5, 5.41) is 9.60. The molecule has 1 atom stereocenters. The number of carbonyl (C=O) groups is 2. The van der Waals surface area contributed by atoms with Crippen LogP contribution in [0.4, 0.5) is 0 Å². The number of hydrogen-bond acceptors (Lipinski definition) is 5. The van der Waals surface area contributed by atoms with E-state index in [1.807, 2.05) is 0 Å². The first-order chi connectivity index (χ1) is 11.5. The topological polar surface area (TPSA) is 70.8 Å². The number of carboxylic acids is 1. The van der Waals surface area contributed by atoms with Crippen LogP contribution in [0.15, 0.2) is 56.5 Å². The van der Waals surface area contributed by atoms with E-state index >= 15 is 0 Å². The number of aliphatic carboxylic acids is 1. The second kappa shape index (κ2) is 6.92. The molecule has 3 rings (SSSR count). The van der Waals surface area contributed by atoms with Crippen LogP contribution in [0.1, 0.15) is 17.4 Å². The van der Waals surface area contributed by atoms with Crippen LogP contribution in [-0.2, 0) is 9.59 Å². The van der Waals surface area contributed by atoms with Gasteiger partial charge in [-0.15, -0.1) is 0 Å². The Morgan fingerprint density at radius 3 is 2.58 bits per heavy atom. The number of nitrogens with zero attached hydrogens (tertiary/aromatic N) is 1. The number of carbonyl (C=O) groups excluding carboxylic acids is 1. The molecule has 1 aliphatic rings. The summed E-state index contributed by atoms with van der Waals surface area (Å²) in [5.74, 6) is -1.11. The normalized spacial score (nSPS) is 17.5. The zero-order valence-electron chi connectivity index (χ0n) is 12.0. The van der Waals surface area contributed by atoms with Crippen molar-refractivity contribution in [2.24, 2.45) is 0 Å². The first-order valence-corrected chi connectivity index (χ1v) is 8.79. The average molecular weight is 424 g/mol. The minimum absolute atomic E-state index is 0.202. The van der Waals surface area contributed by atoms with Crippen LogP contribution < -0.4 is 0 Å². The highest BCUT2D eigenvalue weighted by molar-refractivity contribution is 9.10. The van der Waals surface area contributed by atoms with Gasteiger partial charge in [0, 0.05) is 6.08 Å². The molecular formula is C16H10BrNO4S2. The number of carboxylic acid groups (broad SMARTS) is 1. The summed E-state index contributed by atoms with van der Waals surface area (Å²) in [5.41, 5.74) is 0.489. The van der Waals surface area contributed by atoms with Crippen LogP contribution in [0.3, 0.4) is 0 Å². The van der Waals surface area contributed by atoms with Gasteiger partial charge < -0.3 is 9.52 Å². The van der Waals surface area contributed by atoms with Crippen LogP contribution in [0.25, 0.3) is 6.08 Å². The van der Waals surface area contributed by atoms with Gasteiger partial charge in [-0.05, 0) is 33.6 Å². The molecule has 8 heteroatoms. The summed E-state index contributed by atoms with van der Waals surface area (Å²) in [4.78, 5) is 25.9. The highest BCUT2D eigenvalue weighted by atomic mass is 79.9. The minimum atomic E-state index is -1.16. The van der Waals surface area contributed by atoms with Crippen molar-refractivity contribution < 1.29 is 19.1 Å². The van der Waals surface area contributed by atoms with E-state index in [0.29, 0.717) is 20.9 Å². The fourth-order valence-electron chi connectivity index (χ4n) is 2.27. The SMILES string of the molecule is O=C(O)C(c1ccccc1)N1C(=O)/C(=C\c2ccc(Br)o2)SC1=S. The molecule has 1 N–H and O–H groups in total. The van der Waals surface area contributed by atoms with Gasteiger partial charge in [-0.1, -0.05) is 54.3 Å². The third-order valence-electron chi connectivity index (χ3n) is 3.30. The molecule has 2 aromatic rings. The molecule has 122 valence electrons. The number of halogens is 1. The molecule has 1 saturated heterocycles. The van der Waals surface area contributed by atoms with Gasteiger partial charge >= 0.3 is 5.97 Å². The molecule has 0 spiro atoms. The second-order valence-electron chi connectivity index (χ2n) is 4.85. The van der Waals surface area contributed by atoms with Gasteiger partial charge in [0.1, 0.15) is 10.1 Å². The van der Waals surface area contributed by atoms with Crippen LogP contribution in [-0.4, -0.2) is 26.2 Å². The number of thioether (sulfide) groups is 1. The number of thiocarbonyl (C=S) groups is 1. The molecule has 0 radical (unpaired) electrons. The Kier molecular flexibility index (Phi) is 4.88. The predicted octanol–water partition coefficient (Wildman–Crippen LogP) is 4.07. The van der Waals surface area contributed by atoms with Crippen molar-refractivity contribution in [2.75, 3.05) is 0 Å². The Balaban J connectivity index is 1.96. The first-order valence-electron chi connectivity index (χ1n) is 6.77. The van der Waals surface area contributed by atoms with E-state index in [1.165, 1.54) is 0 Å². The smallest absolute Gasteiger partial charge is 0.331 e. The summed E-state index contributed by atoms with van der Waals surface area (Å²) < 4.78 is 6.09. The molecular weight excluding hydrogens is 414 g/mol. The monoisotopic (exact) mass is 423 g/mol. The molecule has 1 amide bonds. The van der Waals surface area contributed by atoms with Crippen LogP contribution in [0, 0.1) is 0 Å². The Bertz CT molecular complexity index is 847. The van der Waals surface area contributed by atoms with E-state index in [2.05, 4.69) is 15.9 Å². The molecule has 1 aliphatic heterocycles.